The molecule has 0 bridgehead atoms. The minimum absolute atomic E-state index is 0.0494. The number of nitrogens with zero attached hydrogens (tertiary/aromatic N) is 1. The van der Waals surface area contributed by atoms with E-state index in [0.717, 1.165) is 16.5 Å². The maximum Gasteiger partial charge on any atom is 0.0759 e. The number of hydrogen-bond donors (Lipinski definition) is 1. The van der Waals surface area contributed by atoms with Crippen molar-refractivity contribution in [1.82, 2.24) is 4.98 Å². The van der Waals surface area contributed by atoms with Gasteiger partial charge in [-0.15, -0.1) is 0 Å². The second kappa shape index (κ2) is 3.15. The van der Waals surface area contributed by atoms with Crippen LogP contribution in [0.5, 0.6) is 0 Å². The quantitative estimate of drug-likeness (QED) is 0.715. The van der Waals surface area contributed by atoms with Crippen LogP contribution in [0.4, 0.5) is 0 Å². The molecule has 0 radical (unpaired) electrons. The third kappa shape index (κ3) is 1.29. The molecule has 0 unspecified atom stereocenters. The van der Waals surface area contributed by atoms with E-state index in [1.54, 1.807) is 6.20 Å². The molecule has 0 amide bonds. The van der Waals surface area contributed by atoms with Crippen molar-refractivity contribution in [2.75, 3.05) is 0 Å². The average Bonchev–Trinajstić information content (AvgIpc) is 2.18. The summed E-state index contributed by atoms with van der Waals surface area (Å²) < 4.78 is 0. The molecule has 2 nitrogen and oxygen atoms in total. The van der Waals surface area contributed by atoms with Gasteiger partial charge in [-0.1, -0.05) is 18.2 Å². The summed E-state index contributed by atoms with van der Waals surface area (Å²) in [6.07, 6.45) is 1.77. The maximum absolute atomic E-state index is 9.09. The Labute approximate surface area is 76.9 Å². The summed E-state index contributed by atoms with van der Waals surface area (Å²) in [4.78, 5) is 4.25. The zero-order valence-corrected chi connectivity index (χ0v) is 7.49. The van der Waals surface area contributed by atoms with Gasteiger partial charge < -0.3 is 5.11 Å². The zero-order valence-electron chi connectivity index (χ0n) is 7.49. The summed E-state index contributed by atoms with van der Waals surface area (Å²) >= 11 is 0. The lowest BCUT2D eigenvalue weighted by molar-refractivity contribution is 0.283. The predicted octanol–water partition coefficient (Wildman–Crippen LogP) is 2.04. The number of aryl methyl sites for hydroxylation is 1. The van der Waals surface area contributed by atoms with Crippen LogP contribution in [-0.2, 0) is 6.61 Å². The van der Waals surface area contributed by atoms with Gasteiger partial charge in [0.15, 0.2) is 0 Å². The van der Waals surface area contributed by atoms with E-state index in [-0.39, 0.29) is 6.61 Å². The Hall–Kier alpha value is -1.41. The highest BCUT2D eigenvalue weighted by molar-refractivity contribution is 5.84. The molecule has 1 aromatic carbocycles. The van der Waals surface area contributed by atoms with E-state index < -0.39 is 0 Å². The van der Waals surface area contributed by atoms with Crippen LogP contribution in [0.25, 0.3) is 10.9 Å². The molecule has 0 saturated carbocycles. The third-order valence-corrected chi connectivity index (χ3v) is 2.24. The fourth-order valence-electron chi connectivity index (χ4n) is 1.50. The summed E-state index contributed by atoms with van der Waals surface area (Å²) in [6, 6.07) is 7.84. The molecule has 0 saturated heterocycles. The Bertz CT molecular complexity index is 437. The van der Waals surface area contributed by atoms with Crippen molar-refractivity contribution in [1.29, 1.82) is 0 Å². The lowest BCUT2D eigenvalue weighted by atomic mass is 10.1. The molecule has 2 heteroatoms. The first kappa shape index (κ1) is 8.20. The number of aliphatic hydroxyl groups is 1. The molecular formula is C11H11NO. The Morgan fingerprint density at radius 3 is 2.92 bits per heavy atom. The van der Waals surface area contributed by atoms with Crippen molar-refractivity contribution >= 4 is 10.9 Å². The number of benzene rings is 1. The molecular weight excluding hydrogens is 162 g/mol. The molecule has 13 heavy (non-hydrogen) atoms. The van der Waals surface area contributed by atoms with Gasteiger partial charge in [-0.05, 0) is 18.6 Å². The first-order valence-corrected chi connectivity index (χ1v) is 4.27. The topological polar surface area (TPSA) is 33.1 Å². The third-order valence-electron chi connectivity index (χ3n) is 2.24. The van der Waals surface area contributed by atoms with Crippen LogP contribution < -0.4 is 0 Å². The van der Waals surface area contributed by atoms with Crippen LogP contribution in [0.2, 0.25) is 0 Å². The van der Waals surface area contributed by atoms with E-state index in [2.05, 4.69) is 4.98 Å². The van der Waals surface area contributed by atoms with E-state index >= 15 is 0 Å². The van der Waals surface area contributed by atoms with E-state index in [1.165, 1.54) is 5.56 Å². The van der Waals surface area contributed by atoms with Crippen molar-refractivity contribution in [2.45, 2.75) is 13.5 Å². The van der Waals surface area contributed by atoms with Crippen molar-refractivity contribution < 1.29 is 5.11 Å². The molecule has 0 spiro atoms. The standard InChI is InChI=1S/C11H11NO/c1-8-5-6-12-11-9(7-13)3-2-4-10(8)11/h2-6,13H,7H2,1H3. The Morgan fingerprint density at radius 1 is 1.31 bits per heavy atom. The monoisotopic (exact) mass is 173 g/mol. The highest BCUT2D eigenvalue weighted by Gasteiger charge is 2.01. The fraction of sp³-hybridized carbons (Fsp3) is 0.182. The number of aliphatic hydroxyl groups excluding tert-OH is 1. The number of hydrogen-bond acceptors (Lipinski definition) is 2. The van der Waals surface area contributed by atoms with Crippen LogP contribution in [0.1, 0.15) is 11.1 Å². The van der Waals surface area contributed by atoms with Crippen LogP contribution >= 0.6 is 0 Å². The molecule has 2 rings (SSSR count). The van der Waals surface area contributed by atoms with Crippen molar-refractivity contribution in [2.24, 2.45) is 0 Å². The normalized spacial score (nSPS) is 10.6. The number of rotatable bonds is 1. The van der Waals surface area contributed by atoms with Crippen LogP contribution in [0, 0.1) is 6.92 Å². The van der Waals surface area contributed by atoms with Gasteiger partial charge in [0, 0.05) is 17.1 Å². The molecule has 0 atom stereocenters. The number of aromatic nitrogens is 1. The Kier molecular flexibility index (Phi) is 1.99. The molecule has 2 aromatic rings. The molecule has 0 aliphatic carbocycles. The fourth-order valence-corrected chi connectivity index (χ4v) is 1.50. The van der Waals surface area contributed by atoms with Gasteiger partial charge in [0.1, 0.15) is 0 Å². The van der Waals surface area contributed by atoms with E-state index in [1.807, 2.05) is 31.2 Å². The van der Waals surface area contributed by atoms with Gasteiger partial charge >= 0.3 is 0 Å². The Balaban J connectivity index is 2.84. The zero-order chi connectivity index (χ0) is 9.26. The number of fused-ring (bicyclic) bond motifs is 1. The SMILES string of the molecule is Cc1ccnc2c(CO)cccc12. The van der Waals surface area contributed by atoms with Crippen molar-refractivity contribution in [3.63, 3.8) is 0 Å². The Morgan fingerprint density at radius 2 is 2.15 bits per heavy atom. The molecule has 66 valence electrons. The first-order valence-electron chi connectivity index (χ1n) is 4.27. The summed E-state index contributed by atoms with van der Waals surface area (Å²) in [5.74, 6) is 0. The van der Waals surface area contributed by atoms with Gasteiger partial charge in [0.05, 0.1) is 12.1 Å². The first-order chi connectivity index (χ1) is 6.33. The van der Waals surface area contributed by atoms with Gasteiger partial charge in [0.25, 0.3) is 0 Å². The largest absolute Gasteiger partial charge is 0.392 e. The molecule has 1 heterocycles. The summed E-state index contributed by atoms with van der Waals surface area (Å²) in [5, 5.41) is 10.2. The minimum Gasteiger partial charge on any atom is -0.392 e. The van der Waals surface area contributed by atoms with E-state index in [9.17, 15) is 0 Å². The maximum atomic E-state index is 9.09. The second-order valence-corrected chi connectivity index (χ2v) is 3.10. The number of pyridine rings is 1. The average molecular weight is 173 g/mol. The number of para-hydroxylation sites is 1. The smallest absolute Gasteiger partial charge is 0.0759 e. The van der Waals surface area contributed by atoms with Crippen LogP contribution in [-0.4, -0.2) is 10.1 Å². The van der Waals surface area contributed by atoms with Gasteiger partial charge in [-0.3, -0.25) is 4.98 Å². The predicted molar refractivity (Wildman–Crippen MR) is 52.4 cm³/mol. The van der Waals surface area contributed by atoms with Crippen LogP contribution in [0.3, 0.4) is 0 Å². The van der Waals surface area contributed by atoms with E-state index in [0.29, 0.717) is 0 Å². The van der Waals surface area contributed by atoms with E-state index in [4.69, 9.17) is 5.11 Å². The van der Waals surface area contributed by atoms with Gasteiger partial charge in [-0.25, -0.2) is 0 Å². The highest BCUT2D eigenvalue weighted by Crippen LogP contribution is 2.19. The molecule has 0 aliphatic heterocycles. The highest BCUT2D eigenvalue weighted by atomic mass is 16.3. The second-order valence-electron chi connectivity index (χ2n) is 3.10. The van der Waals surface area contributed by atoms with Crippen LogP contribution in [0.15, 0.2) is 30.5 Å². The molecule has 0 fully saturated rings. The lowest BCUT2D eigenvalue weighted by Gasteiger charge is -2.04. The minimum atomic E-state index is 0.0494. The van der Waals surface area contributed by atoms with Crippen molar-refractivity contribution in [3.8, 4) is 0 Å². The van der Waals surface area contributed by atoms with Gasteiger partial charge in [-0.2, -0.15) is 0 Å². The summed E-state index contributed by atoms with van der Waals surface area (Å²) in [7, 11) is 0. The summed E-state index contributed by atoms with van der Waals surface area (Å²) in [6.45, 7) is 2.10. The molecule has 0 aliphatic rings. The molecule has 1 N–H and O–H groups in total. The summed E-state index contributed by atoms with van der Waals surface area (Å²) in [5.41, 5.74) is 2.99. The lowest BCUT2D eigenvalue weighted by Crippen LogP contribution is -1.89. The van der Waals surface area contributed by atoms with Gasteiger partial charge in [0.2, 0.25) is 0 Å². The molecule has 1 aromatic heterocycles. The van der Waals surface area contributed by atoms with Crippen molar-refractivity contribution in [3.05, 3.63) is 41.6 Å².